The number of halogens is 1. The molecule has 2 N–H and O–H groups in total. The van der Waals surface area contributed by atoms with Crippen LogP contribution in [0.4, 0.5) is 0 Å². The van der Waals surface area contributed by atoms with E-state index in [9.17, 15) is 4.79 Å². The van der Waals surface area contributed by atoms with Crippen LogP contribution in [-0.2, 0) is 11.3 Å². The standard InChI is InChI=1S/C15H14ClN7OS/c1-2-19-13(24)8-23-12(17)4-3-11(21-23)14-20-15(25-22-14)9-5-10(16)7-18-6-9/h3-7,17H,2,8H2,1H3,(H,19,24). The molecule has 3 heterocycles. The number of aromatic nitrogens is 5. The maximum absolute atomic E-state index is 11.7. The van der Waals surface area contributed by atoms with Crippen molar-refractivity contribution in [2.24, 2.45) is 0 Å². The first-order valence-electron chi connectivity index (χ1n) is 7.41. The van der Waals surface area contributed by atoms with Crippen LogP contribution in [0.2, 0.25) is 5.02 Å². The minimum atomic E-state index is -0.206. The monoisotopic (exact) mass is 375 g/mol. The van der Waals surface area contributed by atoms with Gasteiger partial charge in [-0.1, -0.05) is 11.6 Å². The van der Waals surface area contributed by atoms with Gasteiger partial charge in [0.1, 0.15) is 22.7 Å². The smallest absolute Gasteiger partial charge is 0.241 e. The second-order valence-electron chi connectivity index (χ2n) is 5.03. The van der Waals surface area contributed by atoms with E-state index in [4.69, 9.17) is 17.0 Å². The van der Waals surface area contributed by atoms with E-state index >= 15 is 0 Å². The highest BCUT2D eigenvalue weighted by Crippen LogP contribution is 2.25. The summed E-state index contributed by atoms with van der Waals surface area (Å²) in [6.45, 7) is 2.33. The lowest BCUT2D eigenvalue weighted by Crippen LogP contribution is -2.33. The Labute approximate surface area is 152 Å². The molecule has 10 heteroatoms. The maximum Gasteiger partial charge on any atom is 0.241 e. The third-order valence-electron chi connectivity index (χ3n) is 3.18. The average Bonchev–Trinajstić information content (AvgIpc) is 3.07. The molecule has 0 atom stereocenters. The summed E-state index contributed by atoms with van der Waals surface area (Å²) < 4.78 is 5.61. The minimum Gasteiger partial charge on any atom is -0.355 e. The van der Waals surface area contributed by atoms with E-state index in [0.717, 1.165) is 5.56 Å². The molecule has 25 heavy (non-hydrogen) atoms. The summed E-state index contributed by atoms with van der Waals surface area (Å²) >= 11 is 7.15. The Hall–Kier alpha value is -2.65. The number of carbonyl (C=O) groups excluding carboxylic acids is 1. The van der Waals surface area contributed by atoms with Crippen molar-refractivity contribution < 1.29 is 4.79 Å². The predicted molar refractivity (Wildman–Crippen MR) is 93.9 cm³/mol. The van der Waals surface area contributed by atoms with Crippen LogP contribution < -0.4 is 10.8 Å². The van der Waals surface area contributed by atoms with Crippen LogP contribution >= 0.6 is 23.1 Å². The number of rotatable bonds is 5. The molecule has 0 unspecified atom stereocenters. The molecule has 0 aliphatic rings. The molecule has 0 radical (unpaired) electrons. The molecular formula is C15H14ClN7OS. The molecule has 0 saturated heterocycles. The van der Waals surface area contributed by atoms with Crippen molar-refractivity contribution in [1.29, 1.82) is 5.41 Å². The highest BCUT2D eigenvalue weighted by molar-refractivity contribution is 7.09. The normalized spacial score (nSPS) is 10.6. The van der Waals surface area contributed by atoms with Gasteiger partial charge in [0.2, 0.25) is 5.91 Å². The predicted octanol–water partition coefficient (Wildman–Crippen LogP) is 1.73. The molecule has 0 spiro atoms. The number of likely N-dealkylation sites (N-methyl/N-ethyl adjacent to an activating group) is 1. The van der Waals surface area contributed by atoms with Gasteiger partial charge in [-0.05, 0) is 36.7 Å². The van der Waals surface area contributed by atoms with Crippen molar-refractivity contribution in [2.75, 3.05) is 6.54 Å². The Morgan fingerprint density at radius 2 is 2.24 bits per heavy atom. The van der Waals surface area contributed by atoms with Crippen molar-refractivity contribution in [3.05, 3.63) is 41.1 Å². The zero-order valence-electron chi connectivity index (χ0n) is 13.2. The van der Waals surface area contributed by atoms with Gasteiger partial charge < -0.3 is 5.32 Å². The zero-order chi connectivity index (χ0) is 17.8. The molecule has 3 rings (SSSR count). The number of nitrogens with one attached hydrogen (secondary N) is 2. The molecule has 0 aliphatic heterocycles. The third kappa shape index (κ3) is 4.06. The van der Waals surface area contributed by atoms with E-state index in [0.29, 0.717) is 28.1 Å². The first-order valence-corrected chi connectivity index (χ1v) is 8.56. The van der Waals surface area contributed by atoms with E-state index in [-0.39, 0.29) is 17.9 Å². The largest absolute Gasteiger partial charge is 0.355 e. The average molecular weight is 376 g/mol. The van der Waals surface area contributed by atoms with Gasteiger partial charge in [-0.3, -0.25) is 15.2 Å². The van der Waals surface area contributed by atoms with Crippen LogP contribution in [-0.4, -0.2) is 36.6 Å². The van der Waals surface area contributed by atoms with Crippen molar-refractivity contribution in [3.63, 3.8) is 0 Å². The van der Waals surface area contributed by atoms with Crippen LogP contribution in [0.3, 0.4) is 0 Å². The summed E-state index contributed by atoms with van der Waals surface area (Å²) in [5, 5.41) is 16.0. The van der Waals surface area contributed by atoms with Crippen molar-refractivity contribution >= 4 is 29.0 Å². The highest BCUT2D eigenvalue weighted by Gasteiger charge is 2.12. The molecule has 0 bridgehead atoms. The Morgan fingerprint density at radius 3 is 3.00 bits per heavy atom. The van der Waals surface area contributed by atoms with Crippen LogP contribution in [0.25, 0.3) is 22.1 Å². The number of hydrogen-bond donors (Lipinski definition) is 2. The summed E-state index contributed by atoms with van der Waals surface area (Å²) in [5.74, 6) is 0.215. The van der Waals surface area contributed by atoms with Crippen molar-refractivity contribution in [2.45, 2.75) is 13.5 Å². The van der Waals surface area contributed by atoms with Gasteiger partial charge >= 0.3 is 0 Å². The second-order valence-corrected chi connectivity index (χ2v) is 6.22. The Kier molecular flexibility index (Phi) is 5.15. The number of pyridine rings is 1. The van der Waals surface area contributed by atoms with Gasteiger partial charge in [0.05, 0.1) is 5.02 Å². The molecule has 0 saturated carbocycles. The second kappa shape index (κ2) is 7.49. The summed E-state index contributed by atoms with van der Waals surface area (Å²) in [7, 11) is 0. The number of nitrogens with zero attached hydrogens (tertiary/aromatic N) is 5. The van der Waals surface area contributed by atoms with Crippen LogP contribution in [0.5, 0.6) is 0 Å². The van der Waals surface area contributed by atoms with E-state index in [1.54, 1.807) is 30.6 Å². The quantitative estimate of drug-likeness (QED) is 0.705. The third-order valence-corrected chi connectivity index (χ3v) is 4.15. The van der Waals surface area contributed by atoms with Gasteiger partial charge in [0, 0.05) is 24.5 Å². The summed E-state index contributed by atoms with van der Waals surface area (Å²) in [6.07, 6.45) is 3.21. The molecule has 128 valence electrons. The Balaban J connectivity index is 1.90. The summed E-state index contributed by atoms with van der Waals surface area (Å²) in [5.41, 5.74) is 1.38. The Morgan fingerprint density at radius 1 is 1.40 bits per heavy atom. The van der Waals surface area contributed by atoms with Crippen LogP contribution in [0.15, 0.2) is 30.6 Å². The molecule has 8 nitrogen and oxygen atoms in total. The van der Waals surface area contributed by atoms with Crippen LogP contribution in [0, 0.1) is 5.41 Å². The first-order chi connectivity index (χ1) is 12.1. The van der Waals surface area contributed by atoms with Crippen molar-refractivity contribution in [1.82, 2.24) is 29.4 Å². The molecule has 3 aromatic heterocycles. The van der Waals surface area contributed by atoms with Gasteiger partial charge in [-0.2, -0.15) is 9.47 Å². The van der Waals surface area contributed by atoms with Gasteiger partial charge in [-0.15, -0.1) is 0 Å². The van der Waals surface area contributed by atoms with Gasteiger partial charge in [-0.25, -0.2) is 9.67 Å². The summed E-state index contributed by atoms with van der Waals surface area (Å²) in [4.78, 5) is 20.2. The molecule has 0 aliphatic carbocycles. The number of carbonyl (C=O) groups is 1. The van der Waals surface area contributed by atoms with Crippen LogP contribution in [0.1, 0.15) is 6.92 Å². The summed E-state index contributed by atoms with van der Waals surface area (Å²) in [6, 6.07) is 4.97. The van der Waals surface area contributed by atoms with Crippen molar-refractivity contribution in [3.8, 4) is 22.1 Å². The zero-order valence-corrected chi connectivity index (χ0v) is 14.8. The van der Waals surface area contributed by atoms with Gasteiger partial charge in [0.15, 0.2) is 5.82 Å². The van der Waals surface area contributed by atoms with E-state index < -0.39 is 0 Å². The molecule has 0 aromatic carbocycles. The SMILES string of the molecule is CCNC(=O)Cn1nc(-c2nsc(-c3cncc(Cl)c3)n2)ccc1=N. The maximum atomic E-state index is 11.7. The van der Waals surface area contributed by atoms with E-state index in [1.165, 1.54) is 16.2 Å². The van der Waals surface area contributed by atoms with E-state index in [1.807, 2.05) is 6.92 Å². The molecule has 0 fully saturated rings. The molecule has 1 amide bonds. The highest BCUT2D eigenvalue weighted by atomic mass is 35.5. The fraction of sp³-hybridized carbons (Fsp3) is 0.200. The molecular weight excluding hydrogens is 362 g/mol. The fourth-order valence-electron chi connectivity index (χ4n) is 2.06. The number of hydrogen-bond acceptors (Lipinski definition) is 7. The lowest BCUT2D eigenvalue weighted by molar-refractivity contribution is -0.121. The minimum absolute atomic E-state index is 0.0320. The topological polar surface area (TPSA) is 109 Å². The lowest BCUT2D eigenvalue weighted by atomic mass is 10.3. The van der Waals surface area contributed by atoms with Gasteiger partial charge in [0.25, 0.3) is 0 Å². The fourth-order valence-corrected chi connectivity index (χ4v) is 2.89. The Bertz CT molecular complexity index is 968. The number of amides is 1. The molecule has 3 aromatic rings. The first kappa shape index (κ1) is 17.2. The lowest BCUT2D eigenvalue weighted by Gasteiger charge is -2.06. The van der Waals surface area contributed by atoms with E-state index in [2.05, 4.69) is 24.8 Å².